The summed E-state index contributed by atoms with van der Waals surface area (Å²) in [6.45, 7) is 3.20. The van der Waals surface area contributed by atoms with Crippen LogP contribution < -0.4 is 4.90 Å². The Kier molecular flexibility index (Phi) is 5.84. The zero-order chi connectivity index (χ0) is 22.3. The molecule has 2 fully saturated rings. The van der Waals surface area contributed by atoms with Crippen molar-refractivity contribution in [2.24, 2.45) is 11.8 Å². The molecule has 0 unspecified atom stereocenters. The quantitative estimate of drug-likeness (QED) is 0.675. The molecule has 2 heterocycles. The molecule has 32 heavy (non-hydrogen) atoms. The minimum atomic E-state index is -3.52. The van der Waals surface area contributed by atoms with Crippen LogP contribution >= 0.6 is 0 Å². The van der Waals surface area contributed by atoms with Crippen molar-refractivity contribution in [3.63, 3.8) is 0 Å². The zero-order valence-electron chi connectivity index (χ0n) is 18.7. The van der Waals surface area contributed by atoms with Gasteiger partial charge < -0.3 is 4.90 Å². The van der Waals surface area contributed by atoms with E-state index in [9.17, 15) is 13.2 Å². The van der Waals surface area contributed by atoms with Crippen molar-refractivity contribution < 1.29 is 13.2 Å². The number of hydrogen-bond acceptors (Lipinski definition) is 3. The van der Waals surface area contributed by atoms with E-state index in [4.69, 9.17) is 0 Å². The second-order valence-corrected chi connectivity index (χ2v) is 11.7. The van der Waals surface area contributed by atoms with E-state index in [-0.39, 0.29) is 17.9 Å². The molecular formula is C26H32N2O3S. The van der Waals surface area contributed by atoms with E-state index in [0.717, 1.165) is 56.2 Å². The highest BCUT2D eigenvalue weighted by Crippen LogP contribution is 2.39. The van der Waals surface area contributed by atoms with Gasteiger partial charge in [0.2, 0.25) is 15.9 Å². The number of carbonyl (C=O) groups excluding carboxylic acids is 1. The normalized spacial score (nSPS) is 22.5. The zero-order valence-corrected chi connectivity index (χ0v) is 19.6. The van der Waals surface area contributed by atoms with Crippen LogP contribution in [0, 0.1) is 11.8 Å². The van der Waals surface area contributed by atoms with Gasteiger partial charge in [-0.25, -0.2) is 8.42 Å². The van der Waals surface area contributed by atoms with E-state index >= 15 is 0 Å². The van der Waals surface area contributed by atoms with Gasteiger partial charge in [-0.05, 0) is 80.7 Å². The van der Waals surface area contributed by atoms with Crippen LogP contribution in [0.25, 0.3) is 0 Å². The van der Waals surface area contributed by atoms with Gasteiger partial charge in [-0.3, -0.25) is 4.79 Å². The Morgan fingerprint density at radius 1 is 1.00 bits per heavy atom. The minimum Gasteiger partial charge on any atom is -0.309 e. The smallest absolute Gasteiger partial charge is 0.243 e. The fourth-order valence-corrected chi connectivity index (χ4v) is 6.93. The summed E-state index contributed by atoms with van der Waals surface area (Å²) in [7, 11) is -3.52. The standard InChI is InChI=1S/C26H32N2O3S/c1-19-16-23-18-24(10-11-25(23)28(19)26(29)22-8-5-9-22)32(30,31)27-14-12-21(13-15-27)17-20-6-3-2-4-7-20/h2-4,6-7,10-11,18-19,21-22H,5,8-9,12-17H2,1H3/t19-/m0/s1. The summed E-state index contributed by atoms with van der Waals surface area (Å²) in [5, 5.41) is 0. The first-order chi connectivity index (χ1) is 15.4. The third-order valence-electron chi connectivity index (χ3n) is 7.54. The second-order valence-electron chi connectivity index (χ2n) is 9.72. The number of amides is 1. The molecule has 1 saturated carbocycles. The predicted octanol–water partition coefficient (Wildman–Crippen LogP) is 4.41. The molecule has 2 aromatic carbocycles. The minimum absolute atomic E-state index is 0.0878. The summed E-state index contributed by atoms with van der Waals surface area (Å²) >= 11 is 0. The molecule has 5 nitrogen and oxygen atoms in total. The second kappa shape index (κ2) is 8.64. The van der Waals surface area contributed by atoms with Gasteiger partial charge in [-0.15, -0.1) is 0 Å². The highest BCUT2D eigenvalue weighted by Gasteiger charge is 2.38. The fraction of sp³-hybridized carbons (Fsp3) is 0.500. The molecule has 1 saturated heterocycles. The van der Waals surface area contributed by atoms with E-state index in [0.29, 0.717) is 23.9 Å². The Morgan fingerprint density at radius 2 is 1.72 bits per heavy atom. The molecule has 1 aliphatic carbocycles. The molecule has 3 aliphatic rings. The highest BCUT2D eigenvalue weighted by molar-refractivity contribution is 7.89. The summed E-state index contributed by atoms with van der Waals surface area (Å²) < 4.78 is 28.4. The Bertz CT molecular complexity index is 1090. The van der Waals surface area contributed by atoms with E-state index in [1.165, 1.54) is 5.56 Å². The molecule has 2 aromatic rings. The number of anilines is 1. The maximum atomic E-state index is 13.4. The van der Waals surface area contributed by atoms with Crippen molar-refractivity contribution in [2.75, 3.05) is 18.0 Å². The number of rotatable bonds is 5. The van der Waals surface area contributed by atoms with Crippen LogP contribution in [-0.4, -0.2) is 37.8 Å². The van der Waals surface area contributed by atoms with Crippen molar-refractivity contribution in [1.29, 1.82) is 0 Å². The third kappa shape index (κ3) is 3.99. The first kappa shape index (κ1) is 21.7. The first-order valence-electron chi connectivity index (χ1n) is 11.9. The van der Waals surface area contributed by atoms with Crippen molar-refractivity contribution in [1.82, 2.24) is 4.31 Å². The summed E-state index contributed by atoms with van der Waals surface area (Å²) in [6.07, 6.45) is 6.59. The van der Waals surface area contributed by atoms with E-state index < -0.39 is 10.0 Å². The van der Waals surface area contributed by atoms with Crippen LogP contribution in [0.15, 0.2) is 53.4 Å². The molecule has 0 spiro atoms. The maximum Gasteiger partial charge on any atom is 0.243 e. The largest absolute Gasteiger partial charge is 0.309 e. The lowest BCUT2D eigenvalue weighted by atomic mass is 9.84. The van der Waals surface area contributed by atoms with Crippen molar-refractivity contribution >= 4 is 21.6 Å². The predicted molar refractivity (Wildman–Crippen MR) is 126 cm³/mol. The Balaban J connectivity index is 1.28. The van der Waals surface area contributed by atoms with E-state index in [1.54, 1.807) is 10.4 Å². The van der Waals surface area contributed by atoms with Crippen LogP contribution in [0.4, 0.5) is 5.69 Å². The number of piperidine rings is 1. The molecule has 1 atom stereocenters. The van der Waals surface area contributed by atoms with Gasteiger partial charge in [0.15, 0.2) is 0 Å². The van der Waals surface area contributed by atoms with Crippen LogP contribution in [-0.2, 0) is 27.7 Å². The van der Waals surface area contributed by atoms with Crippen molar-refractivity contribution in [3.8, 4) is 0 Å². The molecule has 0 bridgehead atoms. The first-order valence-corrected chi connectivity index (χ1v) is 13.4. The van der Waals surface area contributed by atoms with E-state index in [2.05, 4.69) is 31.2 Å². The lowest BCUT2D eigenvalue weighted by molar-refractivity contribution is -0.125. The van der Waals surface area contributed by atoms with Gasteiger partial charge in [0, 0.05) is 30.7 Å². The third-order valence-corrected chi connectivity index (χ3v) is 9.43. The molecule has 170 valence electrons. The van der Waals surface area contributed by atoms with Gasteiger partial charge in [0.05, 0.1) is 4.90 Å². The van der Waals surface area contributed by atoms with Gasteiger partial charge >= 0.3 is 0 Å². The molecule has 0 aromatic heterocycles. The Morgan fingerprint density at radius 3 is 2.38 bits per heavy atom. The topological polar surface area (TPSA) is 57.7 Å². The van der Waals surface area contributed by atoms with Gasteiger partial charge in [-0.1, -0.05) is 36.8 Å². The average molecular weight is 453 g/mol. The van der Waals surface area contributed by atoms with Crippen LogP contribution in [0.1, 0.15) is 50.2 Å². The van der Waals surface area contributed by atoms with Crippen LogP contribution in [0.2, 0.25) is 0 Å². The SMILES string of the molecule is C[C@H]1Cc2cc(S(=O)(=O)N3CCC(Cc4ccccc4)CC3)ccc2N1C(=O)C1CCC1. The maximum absolute atomic E-state index is 13.4. The van der Waals surface area contributed by atoms with Gasteiger partial charge in [-0.2, -0.15) is 4.31 Å². The summed E-state index contributed by atoms with van der Waals surface area (Å²) in [5.41, 5.74) is 3.20. The molecule has 2 aliphatic heterocycles. The number of nitrogens with zero attached hydrogens (tertiary/aromatic N) is 2. The fourth-order valence-electron chi connectivity index (χ4n) is 5.41. The van der Waals surface area contributed by atoms with Crippen LogP contribution in [0.5, 0.6) is 0 Å². The number of fused-ring (bicyclic) bond motifs is 1. The molecule has 1 amide bonds. The van der Waals surface area contributed by atoms with Crippen molar-refractivity contribution in [2.45, 2.75) is 62.8 Å². The molecule has 0 radical (unpaired) electrons. The number of hydrogen-bond donors (Lipinski definition) is 0. The van der Waals surface area contributed by atoms with Crippen LogP contribution in [0.3, 0.4) is 0 Å². The Labute approximate surface area is 191 Å². The lowest BCUT2D eigenvalue weighted by Crippen LogP contribution is -2.42. The number of sulfonamides is 1. The molecule has 6 heteroatoms. The van der Waals surface area contributed by atoms with Gasteiger partial charge in [0.25, 0.3) is 0 Å². The van der Waals surface area contributed by atoms with E-state index in [1.807, 2.05) is 23.1 Å². The molecular weight excluding hydrogens is 420 g/mol. The lowest BCUT2D eigenvalue weighted by Gasteiger charge is -2.32. The summed E-state index contributed by atoms with van der Waals surface area (Å²) in [6, 6.07) is 15.9. The molecule has 5 rings (SSSR count). The monoisotopic (exact) mass is 452 g/mol. The molecule has 0 N–H and O–H groups in total. The average Bonchev–Trinajstić information content (AvgIpc) is 3.08. The van der Waals surface area contributed by atoms with Crippen molar-refractivity contribution in [3.05, 3.63) is 59.7 Å². The Hall–Kier alpha value is -2.18. The highest BCUT2D eigenvalue weighted by atomic mass is 32.2. The summed E-state index contributed by atoms with van der Waals surface area (Å²) in [4.78, 5) is 15.2. The number of carbonyl (C=O) groups is 1. The van der Waals surface area contributed by atoms with Gasteiger partial charge in [0.1, 0.15) is 0 Å². The number of benzene rings is 2. The summed E-state index contributed by atoms with van der Waals surface area (Å²) in [5.74, 6) is 0.874.